The number of hydrogen-bond acceptors (Lipinski definition) is 5. The molecule has 0 saturated heterocycles. The third-order valence-electron chi connectivity index (χ3n) is 3.98. The summed E-state index contributed by atoms with van der Waals surface area (Å²) in [6, 6.07) is 5.41. The van der Waals surface area contributed by atoms with Crippen molar-refractivity contribution in [2.24, 2.45) is 0 Å². The Labute approximate surface area is 137 Å². The highest BCUT2D eigenvalue weighted by Gasteiger charge is 2.33. The zero-order valence-electron chi connectivity index (χ0n) is 12.3. The Bertz CT molecular complexity index is 756. The molecule has 118 valence electrons. The van der Waals surface area contributed by atoms with E-state index >= 15 is 0 Å². The minimum Gasteiger partial charge on any atom is -0.457 e. The maximum Gasteiger partial charge on any atom is 0.338 e. The topological polar surface area (TPSA) is 71.5 Å². The van der Waals surface area contributed by atoms with Crippen LogP contribution in [0.4, 0.5) is 10.5 Å². The molecule has 1 aromatic heterocycles. The normalized spacial score (nSPS) is 15.9. The van der Waals surface area contributed by atoms with Crippen LogP contribution in [0.1, 0.15) is 33.8 Å². The molecule has 0 unspecified atom stereocenters. The average Bonchev–Trinajstić information content (AvgIpc) is 3.13. The van der Waals surface area contributed by atoms with Crippen molar-refractivity contribution in [3.8, 4) is 0 Å². The summed E-state index contributed by atoms with van der Waals surface area (Å²) >= 11 is 1.54. The van der Waals surface area contributed by atoms with Crippen LogP contribution in [0.2, 0.25) is 0 Å². The van der Waals surface area contributed by atoms with Gasteiger partial charge in [0.25, 0.3) is 0 Å². The quantitative estimate of drug-likeness (QED) is 0.875. The number of anilines is 1. The number of rotatable bonds is 4. The Kier molecular flexibility index (Phi) is 3.49. The SMILES string of the molecule is O=C1OCc2ccc(NC(=O)N(Cc3nccs3)C3CC3)cc21. The third-order valence-corrected chi connectivity index (χ3v) is 4.74. The van der Waals surface area contributed by atoms with E-state index in [0.29, 0.717) is 24.4 Å². The van der Waals surface area contributed by atoms with Gasteiger partial charge in [-0.15, -0.1) is 11.3 Å². The maximum atomic E-state index is 12.6. The molecule has 1 aromatic carbocycles. The second-order valence-electron chi connectivity index (χ2n) is 5.66. The monoisotopic (exact) mass is 329 g/mol. The fraction of sp³-hybridized carbons (Fsp3) is 0.312. The van der Waals surface area contributed by atoms with Gasteiger partial charge in [-0.2, -0.15) is 0 Å². The van der Waals surface area contributed by atoms with E-state index in [1.54, 1.807) is 29.7 Å². The van der Waals surface area contributed by atoms with Crippen molar-refractivity contribution < 1.29 is 14.3 Å². The molecule has 1 aliphatic carbocycles. The number of aromatic nitrogens is 1. The minimum atomic E-state index is -0.335. The van der Waals surface area contributed by atoms with Gasteiger partial charge in [-0.25, -0.2) is 14.6 Å². The number of ether oxygens (including phenoxy) is 1. The van der Waals surface area contributed by atoms with E-state index in [2.05, 4.69) is 10.3 Å². The molecular weight excluding hydrogens is 314 g/mol. The molecule has 6 nitrogen and oxygen atoms in total. The summed E-state index contributed by atoms with van der Waals surface area (Å²) in [5.74, 6) is -0.335. The standard InChI is InChI=1S/C16H15N3O3S/c20-15-13-7-11(2-1-10(13)9-22-15)18-16(21)19(12-3-4-12)8-14-17-5-6-23-14/h1-2,5-7,12H,3-4,8-9H2,(H,18,21). The van der Waals surface area contributed by atoms with E-state index in [1.165, 1.54) is 0 Å². The van der Waals surface area contributed by atoms with Crippen molar-refractivity contribution in [3.05, 3.63) is 45.9 Å². The smallest absolute Gasteiger partial charge is 0.338 e. The molecule has 2 amide bonds. The molecule has 2 heterocycles. The van der Waals surface area contributed by atoms with Gasteiger partial charge in [0.1, 0.15) is 11.6 Å². The lowest BCUT2D eigenvalue weighted by molar-refractivity contribution is 0.0535. The first kappa shape index (κ1) is 14.2. The van der Waals surface area contributed by atoms with Gasteiger partial charge in [0.15, 0.2) is 0 Å². The summed E-state index contributed by atoms with van der Waals surface area (Å²) in [7, 11) is 0. The summed E-state index contributed by atoms with van der Waals surface area (Å²) in [6.07, 6.45) is 3.79. The number of cyclic esters (lactones) is 1. The number of carbonyl (C=O) groups is 2. The van der Waals surface area contributed by atoms with Crippen LogP contribution in [0.5, 0.6) is 0 Å². The summed E-state index contributed by atoms with van der Waals surface area (Å²) in [6.45, 7) is 0.821. The highest BCUT2D eigenvalue weighted by molar-refractivity contribution is 7.09. The molecule has 4 rings (SSSR count). The average molecular weight is 329 g/mol. The van der Waals surface area contributed by atoms with Crippen LogP contribution in [-0.2, 0) is 17.9 Å². The summed E-state index contributed by atoms with van der Waals surface area (Å²) in [5.41, 5.74) is 1.99. The Morgan fingerprint density at radius 3 is 3.04 bits per heavy atom. The van der Waals surface area contributed by atoms with Gasteiger partial charge in [-0.3, -0.25) is 0 Å². The molecule has 2 aliphatic rings. The van der Waals surface area contributed by atoms with Crippen LogP contribution in [0.15, 0.2) is 29.8 Å². The van der Waals surface area contributed by atoms with E-state index in [4.69, 9.17) is 4.74 Å². The molecule has 23 heavy (non-hydrogen) atoms. The van der Waals surface area contributed by atoms with Gasteiger partial charge in [0.05, 0.1) is 12.1 Å². The summed E-state index contributed by atoms with van der Waals surface area (Å²) < 4.78 is 4.98. The summed E-state index contributed by atoms with van der Waals surface area (Å²) in [4.78, 5) is 30.3. The lowest BCUT2D eigenvalue weighted by Crippen LogP contribution is -2.36. The van der Waals surface area contributed by atoms with Crippen molar-refractivity contribution in [2.45, 2.75) is 32.0 Å². The third kappa shape index (κ3) is 2.92. The van der Waals surface area contributed by atoms with Crippen molar-refractivity contribution in [1.82, 2.24) is 9.88 Å². The number of amides is 2. The zero-order chi connectivity index (χ0) is 15.8. The van der Waals surface area contributed by atoms with Crippen LogP contribution < -0.4 is 5.32 Å². The van der Waals surface area contributed by atoms with Crippen LogP contribution in [0.3, 0.4) is 0 Å². The molecule has 1 fully saturated rings. The van der Waals surface area contributed by atoms with Crippen molar-refractivity contribution >= 4 is 29.0 Å². The number of fused-ring (bicyclic) bond motifs is 1. The van der Waals surface area contributed by atoms with Crippen LogP contribution in [0.25, 0.3) is 0 Å². The zero-order valence-corrected chi connectivity index (χ0v) is 13.1. The van der Waals surface area contributed by atoms with Gasteiger partial charge < -0.3 is 15.0 Å². The predicted molar refractivity (Wildman–Crippen MR) is 85.3 cm³/mol. The number of urea groups is 1. The van der Waals surface area contributed by atoms with E-state index in [9.17, 15) is 9.59 Å². The van der Waals surface area contributed by atoms with Gasteiger partial charge in [0, 0.05) is 28.9 Å². The molecular formula is C16H15N3O3S. The maximum absolute atomic E-state index is 12.6. The second kappa shape index (κ2) is 5.66. The highest BCUT2D eigenvalue weighted by Crippen LogP contribution is 2.30. The molecule has 0 bridgehead atoms. The minimum absolute atomic E-state index is 0.158. The number of nitrogens with one attached hydrogen (secondary N) is 1. The Hall–Kier alpha value is -2.41. The highest BCUT2D eigenvalue weighted by atomic mass is 32.1. The Morgan fingerprint density at radius 2 is 2.30 bits per heavy atom. The lowest BCUT2D eigenvalue weighted by Gasteiger charge is -2.21. The first-order valence-corrected chi connectivity index (χ1v) is 8.35. The number of hydrogen-bond donors (Lipinski definition) is 1. The second-order valence-corrected chi connectivity index (χ2v) is 6.64. The fourth-order valence-electron chi connectivity index (χ4n) is 2.62. The van der Waals surface area contributed by atoms with Gasteiger partial charge in [-0.1, -0.05) is 6.07 Å². The number of thiazole rings is 1. The molecule has 1 saturated carbocycles. The molecule has 1 aliphatic heterocycles. The lowest BCUT2D eigenvalue weighted by atomic mass is 10.1. The number of esters is 1. The van der Waals surface area contributed by atoms with Crippen LogP contribution in [-0.4, -0.2) is 27.9 Å². The van der Waals surface area contributed by atoms with Gasteiger partial charge in [-0.05, 0) is 25.0 Å². The molecule has 0 atom stereocenters. The van der Waals surface area contributed by atoms with E-state index in [0.717, 1.165) is 23.4 Å². The van der Waals surface area contributed by atoms with Crippen LogP contribution in [0, 0.1) is 0 Å². The van der Waals surface area contributed by atoms with Gasteiger partial charge >= 0.3 is 12.0 Å². The molecule has 7 heteroatoms. The molecule has 1 N–H and O–H groups in total. The first-order valence-electron chi connectivity index (χ1n) is 7.47. The number of carbonyl (C=O) groups excluding carboxylic acids is 2. The van der Waals surface area contributed by atoms with Crippen molar-refractivity contribution in [1.29, 1.82) is 0 Å². The fourth-order valence-corrected chi connectivity index (χ4v) is 3.23. The molecule has 0 spiro atoms. The van der Waals surface area contributed by atoms with Crippen LogP contribution >= 0.6 is 11.3 Å². The molecule has 0 radical (unpaired) electrons. The largest absolute Gasteiger partial charge is 0.457 e. The number of benzene rings is 1. The Morgan fingerprint density at radius 1 is 1.43 bits per heavy atom. The number of nitrogens with zero attached hydrogens (tertiary/aromatic N) is 2. The molecule has 2 aromatic rings. The Balaban J connectivity index is 1.50. The van der Waals surface area contributed by atoms with Crippen molar-refractivity contribution in [3.63, 3.8) is 0 Å². The van der Waals surface area contributed by atoms with E-state index in [1.807, 2.05) is 16.3 Å². The van der Waals surface area contributed by atoms with E-state index in [-0.39, 0.29) is 18.0 Å². The van der Waals surface area contributed by atoms with Gasteiger partial charge in [0.2, 0.25) is 0 Å². The van der Waals surface area contributed by atoms with E-state index < -0.39 is 0 Å². The predicted octanol–water partition coefficient (Wildman–Crippen LogP) is 3.01. The summed E-state index contributed by atoms with van der Waals surface area (Å²) in [5, 5.41) is 5.71. The van der Waals surface area contributed by atoms with Crippen molar-refractivity contribution in [2.75, 3.05) is 5.32 Å². The first-order chi connectivity index (χ1) is 11.2.